The summed E-state index contributed by atoms with van der Waals surface area (Å²) in [4.78, 5) is 27.1. The second-order valence-corrected chi connectivity index (χ2v) is 9.32. The maximum absolute atomic E-state index is 12.6. The van der Waals surface area contributed by atoms with E-state index < -0.39 is 0 Å². The lowest BCUT2D eigenvalue weighted by molar-refractivity contribution is 0.306. The van der Waals surface area contributed by atoms with Crippen LogP contribution < -0.4 is 15.6 Å². The normalized spacial score (nSPS) is 10.9. The molecular formula is C25H26ClN5O2S. The lowest BCUT2D eigenvalue weighted by Crippen LogP contribution is -2.18. The topological polar surface area (TPSA) is 95.7 Å². The van der Waals surface area contributed by atoms with Crippen LogP contribution in [0, 0.1) is 6.92 Å². The van der Waals surface area contributed by atoms with Crippen LogP contribution in [0.15, 0.2) is 65.8 Å². The van der Waals surface area contributed by atoms with Gasteiger partial charge >= 0.3 is 0 Å². The fourth-order valence-corrected chi connectivity index (χ4v) is 4.43. The monoisotopic (exact) mass is 495 g/mol. The van der Waals surface area contributed by atoms with E-state index in [1.165, 1.54) is 0 Å². The number of rotatable bonds is 11. The van der Waals surface area contributed by atoms with Crippen LogP contribution in [-0.4, -0.2) is 32.2 Å². The Bertz CT molecular complexity index is 1290. The molecule has 9 heteroatoms. The van der Waals surface area contributed by atoms with E-state index in [1.807, 2.05) is 55.5 Å². The van der Waals surface area contributed by atoms with E-state index in [-0.39, 0.29) is 5.56 Å². The van der Waals surface area contributed by atoms with Gasteiger partial charge in [-0.3, -0.25) is 9.78 Å². The number of imidazole rings is 1. The van der Waals surface area contributed by atoms with Crippen molar-refractivity contribution in [3.63, 3.8) is 0 Å². The van der Waals surface area contributed by atoms with Gasteiger partial charge in [-0.25, -0.2) is 9.97 Å². The highest BCUT2D eigenvalue weighted by Crippen LogP contribution is 2.18. The van der Waals surface area contributed by atoms with Crippen molar-refractivity contribution in [1.82, 2.24) is 19.9 Å². The molecule has 7 nitrogen and oxygen atoms in total. The summed E-state index contributed by atoms with van der Waals surface area (Å²) in [6, 6.07) is 15.3. The first-order valence-electron chi connectivity index (χ1n) is 10.9. The molecule has 0 atom stereocenters. The van der Waals surface area contributed by atoms with Crippen LogP contribution >= 0.6 is 23.4 Å². The van der Waals surface area contributed by atoms with Crippen molar-refractivity contribution in [2.24, 2.45) is 0 Å². The van der Waals surface area contributed by atoms with Gasteiger partial charge in [0.2, 0.25) is 5.95 Å². The number of hydrogen-bond acceptors (Lipinski definition) is 6. The van der Waals surface area contributed by atoms with E-state index in [9.17, 15) is 4.79 Å². The minimum Gasteiger partial charge on any atom is -0.489 e. The summed E-state index contributed by atoms with van der Waals surface area (Å²) in [6.45, 7) is 3.14. The minimum atomic E-state index is -0.150. The van der Waals surface area contributed by atoms with Crippen LogP contribution in [0.5, 0.6) is 5.75 Å². The molecule has 2 heterocycles. The van der Waals surface area contributed by atoms with Gasteiger partial charge in [0.25, 0.3) is 5.56 Å². The molecule has 0 aliphatic heterocycles. The van der Waals surface area contributed by atoms with Crippen LogP contribution in [0.1, 0.15) is 28.1 Å². The quantitative estimate of drug-likeness (QED) is 0.254. The molecule has 0 radical (unpaired) electrons. The van der Waals surface area contributed by atoms with Crippen LogP contribution in [0.2, 0.25) is 5.02 Å². The van der Waals surface area contributed by atoms with Crippen molar-refractivity contribution in [3.05, 3.63) is 105 Å². The van der Waals surface area contributed by atoms with Gasteiger partial charge in [0.15, 0.2) is 0 Å². The van der Waals surface area contributed by atoms with Crippen molar-refractivity contribution in [2.75, 3.05) is 17.6 Å². The number of thioether (sulfide) groups is 1. The Morgan fingerprint density at radius 2 is 1.97 bits per heavy atom. The summed E-state index contributed by atoms with van der Waals surface area (Å²) in [5.41, 5.74) is 4.58. The van der Waals surface area contributed by atoms with E-state index >= 15 is 0 Å². The van der Waals surface area contributed by atoms with Gasteiger partial charge in [-0.05, 0) is 42.3 Å². The molecule has 0 saturated carbocycles. The summed E-state index contributed by atoms with van der Waals surface area (Å²) in [5.74, 6) is 2.94. The Hall–Kier alpha value is -3.23. The second-order valence-electron chi connectivity index (χ2n) is 7.78. The number of benzene rings is 2. The van der Waals surface area contributed by atoms with Crippen LogP contribution in [-0.2, 0) is 18.8 Å². The minimum absolute atomic E-state index is 0.150. The van der Waals surface area contributed by atoms with Crippen LogP contribution in [0.4, 0.5) is 5.95 Å². The molecule has 0 unspecified atom stereocenters. The first-order chi connectivity index (χ1) is 16.6. The molecule has 0 amide bonds. The number of hydrogen-bond donors (Lipinski definition) is 3. The van der Waals surface area contributed by atoms with Crippen molar-refractivity contribution in [1.29, 1.82) is 0 Å². The van der Waals surface area contributed by atoms with Gasteiger partial charge in [-0.2, -0.15) is 11.8 Å². The fraction of sp³-hybridized carbons (Fsp3) is 0.240. The molecular weight excluding hydrogens is 470 g/mol. The van der Waals surface area contributed by atoms with Gasteiger partial charge in [0.05, 0.1) is 12.0 Å². The van der Waals surface area contributed by atoms with E-state index in [1.54, 1.807) is 24.3 Å². The zero-order chi connectivity index (χ0) is 23.8. The van der Waals surface area contributed by atoms with Gasteiger partial charge < -0.3 is 15.0 Å². The van der Waals surface area contributed by atoms with Crippen molar-refractivity contribution < 1.29 is 4.74 Å². The Kier molecular flexibility index (Phi) is 8.27. The number of nitrogens with zero attached hydrogens (tertiary/aromatic N) is 2. The van der Waals surface area contributed by atoms with Gasteiger partial charge in [0.1, 0.15) is 12.4 Å². The first kappa shape index (κ1) is 23.9. The second kappa shape index (κ2) is 11.8. The Balaban J connectivity index is 1.27. The van der Waals surface area contributed by atoms with E-state index in [0.717, 1.165) is 39.8 Å². The highest BCUT2D eigenvalue weighted by molar-refractivity contribution is 7.98. The molecule has 4 aromatic rings. The molecule has 0 spiro atoms. The standard InChI is InChI=1S/C25H26ClN5O2S/c1-17-23(30-16-29-17)15-34-9-8-27-25-28-13-20(24(32)31-25)10-18-4-3-7-22(12-18)33-14-19-5-2-6-21(26)11-19/h2-7,11-13,16H,8-10,14-15H2,1H3,(H,29,30)(H2,27,28,31,32). The fourth-order valence-electron chi connectivity index (χ4n) is 3.34. The maximum Gasteiger partial charge on any atom is 0.255 e. The van der Waals surface area contributed by atoms with Gasteiger partial charge in [-0.15, -0.1) is 0 Å². The van der Waals surface area contributed by atoms with Crippen molar-refractivity contribution >= 4 is 29.3 Å². The summed E-state index contributed by atoms with van der Waals surface area (Å²) < 4.78 is 5.89. The number of H-pyrrole nitrogens is 2. The lowest BCUT2D eigenvalue weighted by Gasteiger charge is -2.09. The van der Waals surface area contributed by atoms with Crippen LogP contribution in [0.3, 0.4) is 0 Å². The Labute approximate surface area is 207 Å². The highest BCUT2D eigenvalue weighted by atomic mass is 35.5. The van der Waals surface area contributed by atoms with E-state index in [2.05, 4.69) is 25.3 Å². The molecule has 2 aromatic heterocycles. The average molecular weight is 496 g/mol. The number of nitrogens with one attached hydrogen (secondary N) is 3. The SMILES string of the molecule is Cc1[nH]cnc1CSCCNc1ncc(Cc2cccc(OCc3cccc(Cl)c3)c2)c(=O)[nH]1. The third kappa shape index (κ3) is 6.88. The molecule has 3 N–H and O–H groups in total. The number of aromatic nitrogens is 4. The Morgan fingerprint density at radius 1 is 1.12 bits per heavy atom. The summed E-state index contributed by atoms with van der Waals surface area (Å²) >= 11 is 7.81. The Morgan fingerprint density at radius 3 is 2.76 bits per heavy atom. The number of anilines is 1. The predicted octanol–water partition coefficient (Wildman–Crippen LogP) is 4.97. The molecule has 0 aliphatic rings. The number of halogens is 1. The highest BCUT2D eigenvalue weighted by Gasteiger charge is 2.06. The maximum atomic E-state index is 12.6. The summed E-state index contributed by atoms with van der Waals surface area (Å²) in [6.07, 6.45) is 3.81. The number of aromatic amines is 2. The van der Waals surface area contributed by atoms with Crippen LogP contribution in [0.25, 0.3) is 0 Å². The summed E-state index contributed by atoms with van der Waals surface area (Å²) in [7, 11) is 0. The first-order valence-corrected chi connectivity index (χ1v) is 12.4. The smallest absolute Gasteiger partial charge is 0.255 e. The molecule has 0 bridgehead atoms. The zero-order valence-electron chi connectivity index (χ0n) is 18.8. The number of ether oxygens (including phenoxy) is 1. The molecule has 4 rings (SSSR count). The third-order valence-electron chi connectivity index (χ3n) is 5.17. The van der Waals surface area contributed by atoms with Crippen molar-refractivity contribution in [3.8, 4) is 5.75 Å². The molecule has 0 saturated heterocycles. The largest absolute Gasteiger partial charge is 0.489 e. The molecule has 34 heavy (non-hydrogen) atoms. The lowest BCUT2D eigenvalue weighted by atomic mass is 10.1. The van der Waals surface area contributed by atoms with Gasteiger partial charge in [-0.1, -0.05) is 35.9 Å². The zero-order valence-corrected chi connectivity index (χ0v) is 20.4. The van der Waals surface area contributed by atoms with E-state index in [0.29, 0.717) is 36.1 Å². The predicted molar refractivity (Wildman–Crippen MR) is 138 cm³/mol. The average Bonchev–Trinajstić information content (AvgIpc) is 3.24. The molecule has 2 aromatic carbocycles. The number of aryl methyl sites for hydroxylation is 1. The van der Waals surface area contributed by atoms with Crippen molar-refractivity contribution in [2.45, 2.75) is 25.7 Å². The molecule has 0 fully saturated rings. The summed E-state index contributed by atoms with van der Waals surface area (Å²) in [5, 5.41) is 3.85. The molecule has 176 valence electrons. The third-order valence-corrected chi connectivity index (χ3v) is 6.38. The van der Waals surface area contributed by atoms with E-state index in [4.69, 9.17) is 16.3 Å². The molecule has 0 aliphatic carbocycles. The van der Waals surface area contributed by atoms with Gasteiger partial charge in [0, 0.05) is 46.9 Å².